The number of piperazine rings is 1. The zero-order valence-electron chi connectivity index (χ0n) is 18.4. The number of sulfonamides is 1. The number of likely N-dealkylation sites (N-methyl/N-ethyl adjacent to an activating group) is 1. The summed E-state index contributed by atoms with van der Waals surface area (Å²) in [5.41, 5.74) is 2.15. The predicted molar refractivity (Wildman–Crippen MR) is 122 cm³/mol. The molecule has 0 saturated carbocycles. The van der Waals surface area contributed by atoms with Gasteiger partial charge in [0.1, 0.15) is 5.75 Å². The zero-order valence-corrected chi connectivity index (χ0v) is 19.2. The fraction of sp³-hybridized carbons (Fsp3) is 0.435. The number of amides is 1. The molecule has 0 spiro atoms. The van der Waals surface area contributed by atoms with Gasteiger partial charge in [0.15, 0.2) is 0 Å². The molecule has 3 rings (SSSR count). The number of ether oxygens (including phenoxy) is 1. The molecule has 1 atom stereocenters. The van der Waals surface area contributed by atoms with Crippen molar-refractivity contribution in [3.05, 3.63) is 65.2 Å². The SMILES string of the molecule is CCOc1ccc(C(C)NC(=O)c2ccc(CS(=O)(=O)N3CCN(C)CC3)cc2)cc1. The van der Waals surface area contributed by atoms with Crippen molar-refractivity contribution in [3.63, 3.8) is 0 Å². The Morgan fingerprint density at radius 2 is 1.65 bits per heavy atom. The fourth-order valence-electron chi connectivity index (χ4n) is 3.50. The molecule has 7 nitrogen and oxygen atoms in total. The van der Waals surface area contributed by atoms with Gasteiger partial charge in [0.25, 0.3) is 5.91 Å². The lowest BCUT2D eigenvalue weighted by molar-refractivity contribution is 0.0940. The van der Waals surface area contributed by atoms with Crippen LogP contribution in [0, 0.1) is 0 Å². The molecule has 0 radical (unpaired) electrons. The summed E-state index contributed by atoms with van der Waals surface area (Å²) in [6.45, 7) is 6.98. The monoisotopic (exact) mass is 445 g/mol. The summed E-state index contributed by atoms with van der Waals surface area (Å²) < 4.78 is 32.3. The van der Waals surface area contributed by atoms with Gasteiger partial charge in [-0.2, -0.15) is 4.31 Å². The van der Waals surface area contributed by atoms with E-state index < -0.39 is 10.0 Å². The second-order valence-electron chi connectivity index (χ2n) is 7.85. The first-order valence-electron chi connectivity index (χ1n) is 10.6. The van der Waals surface area contributed by atoms with Gasteiger partial charge in [-0.05, 0) is 56.3 Å². The van der Waals surface area contributed by atoms with Crippen LogP contribution in [0.25, 0.3) is 0 Å². The smallest absolute Gasteiger partial charge is 0.251 e. The number of hydrogen-bond acceptors (Lipinski definition) is 5. The second kappa shape index (κ2) is 10.3. The predicted octanol–water partition coefficient (Wildman–Crippen LogP) is 2.65. The van der Waals surface area contributed by atoms with Crippen molar-refractivity contribution < 1.29 is 17.9 Å². The number of hydrogen-bond donors (Lipinski definition) is 1. The molecular formula is C23H31N3O4S. The topological polar surface area (TPSA) is 78.9 Å². The molecule has 2 aromatic carbocycles. The summed E-state index contributed by atoms with van der Waals surface area (Å²) in [6.07, 6.45) is 0. The zero-order chi connectivity index (χ0) is 22.4. The van der Waals surface area contributed by atoms with Crippen molar-refractivity contribution >= 4 is 15.9 Å². The van der Waals surface area contributed by atoms with E-state index >= 15 is 0 Å². The largest absolute Gasteiger partial charge is 0.494 e. The maximum atomic E-state index is 12.7. The Morgan fingerprint density at radius 1 is 1.03 bits per heavy atom. The lowest BCUT2D eigenvalue weighted by atomic mass is 10.1. The summed E-state index contributed by atoms with van der Waals surface area (Å²) in [5.74, 6) is 0.544. The molecule has 2 aromatic rings. The second-order valence-corrected chi connectivity index (χ2v) is 9.82. The van der Waals surface area contributed by atoms with E-state index in [0.717, 1.165) is 24.4 Å². The Bertz CT molecular complexity index is 967. The first kappa shape index (κ1) is 23.2. The van der Waals surface area contributed by atoms with Crippen LogP contribution in [0.3, 0.4) is 0 Å². The molecule has 1 heterocycles. The molecule has 1 N–H and O–H groups in total. The van der Waals surface area contributed by atoms with Gasteiger partial charge >= 0.3 is 0 Å². The van der Waals surface area contributed by atoms with Crippen molar-refractivity contribution in [1.29, 1.82) is 0 Å². The van der Waals surface area contributed by atoms with E-state index in [2.05, 4.69) is 10.2 Å². The number of benzene rings is 2. The number of rotatable bonds is 8. The third kappa shape index (κ3) is 6.29. The van der Waals surface area contributed by atoms with Crippen LogP contribution < -0.4 is 10.1 Å². The maximum Gasteiger partial charge on any atom is 0.251 e. The van der Waals surface area contributed by atoms with Gasteiger partial charge in [0.05, 0.1) is 18.4 Å². The van der Waals surface area contributed by atoms with Crippen molar-refractivity contribution in [2.45, 2.75) is 25.6 Å². The van der Waals surface area contributed by atoms with E-state index in [4.69, 9.17) is 4.74 Å². The van der Waals surface area contributed by atoms with Gasteiger partial charge in [0.2, 0.25) is 10.0 Å². The van der Waals surface area contributed by atoms with Crippen molar-refractivity contribution in [1.82, 2.24) is 14.5 Å². The number of carbonyl (C=O) groups excluding carboxylic acids is 1. The van der Waals surface area contributed by atoms with Crippen LogP contribution in [-0.2, 0) is 15.8 Å². The third-order valence-electron chi connectivity index (χ3n) is 5.46. The summed E-state index contributed by atoms with van der Waals surface area (Å²) in [4.78, 5) is 14.7. The summed E-state index contributed by atoms with van der Waals surface area (Å²) in [6, 6.07) is 14.2. The molecule has 168 valence electrons. The molecule has 0 aromatic heterocycles. The average Bonchev–Trinajstić information content (AvgIpc) is 2.75. The van der Waals surface area contributed by atoms with E-state index in [1.165, 1.54) is 0 Å². The van der Waals surface area contributed by atoms with Crippen LogP contribution in [0.5, 0.6) is 5.75 Å². The van der Waals surface area contributed by atoms with Gasteiger partial charge in [0, 0.05) is 31.7 Å². The van der Waals surface area contributed by atoms with Crippen LogP contribution in [0.2, 0.25) is 0 Å². The highest BCUT2D eigenvalue weighted by atomic mass is 32.2. The maximum absolute atomic E-state index is 12.7. The molecule has 31 heavy (non-hydrogen) atoms. The van der Waals surface area contributed by atoms with E-state index in [1.54, 1.807) is 28.6 Å². The first-order valence-corrected chi connectivity index (χ1v) is 12.2. The normalized spacial score (nSPS) is 16.6. The van der Waals surface area contributed by atoms with Gasteiger partial charge in [-0.15, -0.1) is 0 Å². The minimum absolute atomic E-state index is 0.0544. The average molecular weight is 446 g/mol. The van der Waals surface area contributed by atoms with Gasteiger partial charge in [-0.25, -0.2) is 8.42 Å². The van der Waals surface area contributed by atoms with E-state index in [0.29, 0.717) is 30.8 Å². The lowest BCUT2D eigenvalue weighted by Crippen LogP contribution is -2.47. The highest BCUT2D eigenvalue weighted by Gasteiger charge is 2.25. The number of nitrogens with one attached hydrogen (secondary N) is 1. The van der Waals surface area contributed by atoms with Crippen molar-refractivity contribution in [2.24, 2.45) is 0 Å². The minimum atomic E-state index is -3.36. The molecule has 1 saturated heterocycles. The van der Waals surface area contributed by atoms with Crippen molar-refractivity contribution in [3.8, 4) is 5.75 Å². The highest BCUT2D eigenvalue weighted by molar-refractivity contribution is 7.88. The summed E-state index contributed by atoms with van der Waals surface area (Å²) in [7, 11) is -1.37. The minimum Gasteiger partial charge on any atom is -0.494 e. The van der Waals surface area contributed by atoms with E-state index in [1.807, 2.05) is 45.2 Å². The van der Waals surface area contributed by atoms with Crippen LogP contribution in [0.1, 0.15) is 41.4 Å². The molecular weight excluding hydrogens is 414 g/mol. The Morgan fingerprint density at radius 3 is 2.23 bits per heavy atom. The van der Waals surface area contributed by atoms with Crippen molar-refractivity contribution in [2.75, 3.05) is 39.8 Å². The summed E-state index contributed by atoms with van der Waals surface area (Å²) in [5, 5.41) is 2.98. The fourth-order valence-corrected chi connectivity index (χ4v) is 5.02. The Labute approximate surface area is 185 Å². The van der Waals surface area contributed by atoms with Crippen LogP contribution >= 0.6 is 0 Å². The molecule has 0 aliphatic carbocycles. The van der Waals surface area contributed by atoms with Gasteiger partial charge < -0.3 is 15.0 Å². The standard InChI is InChI=1S/C23H31N3O4S/c1-4-30-22-11-9-20(10-12-22)18(2)24-23(27)21-7-5-19(6-8-21)17-31(28,29)26-15-13-25(3)14-16-26/h5-12,18H,4,13-17H2,1-3H3,(H,24,27). The van der Waals surface area contributed by atoms with E-state index in [-0.39, 0.29) is 17.7 Å². The van der Waals surface area contributed by atoms with E-state index in [9.17, 15) is 13.2 Å². The molecule has 8 heteroatoms. The molecule has 1 unspecified atom stereocenters. The van der Waals surface area contributed by atoms with Gasteiger partial charge in [-0.1, -0.05) is 24.3 Å². The third-order valence-corrected chi connectivity index (χ3v) is 7.31. The van der Waals surface area contributed by atoms with Gasteiger partial charge in [-0.3, -0.25) is 4.79 Å². The highest BCUT2D eigenvalue weighted by Crippen LogP contribution is 2.19. The first-order chi connectivity index (χ1) is 14.8. The van der Waals surface area contributed by atoms with Crippen LogP contribution in [-0.4, -0.2) is 63.4 Å². The lowest BCUT2D eigenvalue weighted by Gasteiger charge is -2.31. The molecule has 1 fully saturated rings. The summed E-state index contributed by atoms with van der Waals surface area (Å²) >= 11 is 0. The Balaban J connectivity index is 1.58. The molecule has 1 aliphatic rings. The Hall–Kier alpha value is -2.42. The number of nitrogens with zero attached hydrogens (tertiary/aromatic N) is 2. The quantitative estimate of drug-likeness (QED) is 0.676. The molecule has 0 bridgehead atoms. The molecule has 1 aliphatic heterocycles. The van der Waals surface area contributed by atoms with Crippen LogP contribution in [0.4, 0.5) is 0 Å². The molecule has 1 amide bonds. The van der Waals surface area contributed by atoms with Crippen LogP contribution in [0.15, 0.2) is 48.5 Å². The Kier molecular flexibility index (Phi) is 7.69. The number of carbonyl (C=O) groups is 1.